The van der Waals surface area contributed by atoms with Gasteiger partial charge < -0.3 is 5.32 Å². The molecule has 1 aliphatic heterocycles. The number of anilines is 1. The van der Waals surface area contributed by atoms with Gasteiger partial charge in [0.05, 0.1) is 10.6 Å². The third kappa shape index (κ3) is 1.58. The van der Waals surface area contributed by atoms with E-state index in [9.17, 15) is 19.7 Å². The number of hydrogen-bond donors (Lipinski definition) is 1. The van der Waals surface area contributed by atoms with Crippen molar-refractivity contribution in [1.82, 2.24) is 5.32 Å². The molecule has 3 rings (SSSR count). The summed E-state index contributed by atoms with van der Waals surface area (Å²) in [7, 11) is 0. The van der Waals surface area contributed by atoms with Crippen LogP contribution in [-0.2, 0) is 4.79 Å². The van der Waals surface area contributed by atoms with Gasteiger partial charge in [0.25, 0.3) is 11.6 Å². The molecule has 1 aromatic rings. The Labute approximate surface area is 108 Å². The van der Waals surface area contributed by atoms with Gasteiger partial charge >= 0.3 is 6.03 Å². The average molecular weight is 261 g/mol. The molecular weight excluding hydrogens is 250 g/mol. The van der Waals surface area contributed by atoms with Crippen LogP contribution in [-0.4, -0.2) is 22.4 Å². The largest absolute Gasteiger partial charge is 0.329 e. The van der Waals surface area contributed by atoms with Gasteiger partial charge in [-0.2, -0.15) is 0 Å². The first-order valence-corrected chi connectivity index (χ1v) is 5.95. The molecule has 3 amide bonds. The third-order valence-electron chi connectivity index (χ3n) is 3.67. The van der Waals surface area contributed by atoms with Crippen LogP contribution in [0.2, 0.25) is 0 Å². The molecule has 1 spiro atoms. The topological polar surface area (TPSA) is 92.6 Å². The molecule has 1 N–H and O–H groups in total. The van der Waals surface area contributed by atoms with E-state index in [2.05, 4.69) is 5.32 Å². The van der Waals surface area contributed by atoms with Crippen LogP contribution < -0.4 is 10.2 Å². The molecule has 98 valence electrons. The highest BCUT2D eigenvalue weighted by Gasteiger charge is 2.55. The molecule has 0 aromatic heterocycles. The molecule has 2 aliphatic rings. The summed E-state index contributed by atoms with van der Waals surface area (Å²) in [4.78, 5) is 35.3. The van der Waals surface area contributed by atoms with Crippen molar-refractivity contribution in [3.63, 3.8) is 0 Å². The van der Waals surface area contributed by atoms with Crippen molar-refractivity contribution in [2.75, 3.05) is 4.90 Å². The highest BCUT2D eigenvalue weighted by Crippen LogP contribution is 2.39. The van der Waals surface area contributed by atoms with Crippen LogP contribution in [0.25, 0.3) is 0 Å². The number of benzene rings is 1. The van der Waals surface area contributed by atoms with E-state index in [0.29, 0.717) is 12.8 Å². The van der Waals surface area contributed by atoms with Gasteiger partial charge in [-0.05, 0) is 25.3 Å². The fraction of sp³-hybridized carbons (Fsp3) is 0.333. The quantitative estimate of drug-likeness (QED) is 0.497. The Morgan fingerprint density at radius 3 is 2.58 bits per heavy atom. The SMILES string of the molecule is O=C1NC2(CCC2)C(=O)N1c1cccc([N+](=O)[O-])c1. The maximum Gasteiger partial charge on any atom is 0.329 e. The molecule has 0 radical (unpaired) electrons. The van der Waals surface area contributed by atoms with Crippen LogP contribution in [0.4, 0.5) is 16.2 Å². The third-order valence-corrected chi connectivity index (χ3v) is 3.67. The average Bonchev–Trinajstić information content (AvgIpc) is 2.61. The van der Waals surface area contributed by atoms with Crippen LogP contribution in [0.1, 0.15) is 19.3 Å². The number of nitro groups is 1. The number of nitrogens with one attached hydrogen (secondary N) is 1. The summed E-state index contributed by atoms with van der Waals surface area (Å²) >= 11 is 0. The minimum Gasteiger partial charge on any atom is -0.323 e. The van der Waals surface area contributed by atoms with Gasteiger partial charge in [0.2, 0.25) is 0 Å². The van der Waals surface area contributed by atoms with Gasteiger partial charge in [-0.25, -0.2) is 9.69 Å². The predicted octanol–water partition coefficient (Wildman–Crippen LogP) is 1.57. The molecule has 1 aliphatic carbocycles. The maximum absolute atomic E-state index is 12.3. The lowest BCUT2D eigenvalue weighted by molar-refractivity contribution is -0.384. The lowest BCUT2D eigenvalue weighted by Crippen LogP contribution is -2.52. The Hall–Kier alpha value is -2.44. The van der Waals surface area contributed by atoms with Crippen LogP contribution in [0.15, 0.2) is 24.3 Å². The number of nitro benzene ring substituents is 1. The van der Waals surface area contributed by atoms with Gasteiger partial charge in [-0.1, -0.05) is 6.07 Å². The first kappa shape index (κ1) is 11.6. The number of hydrogen-bond acceptors (Lipinski definition) is 4. The van der Waals surface area contributed by atoms with E-state index in [4.69, 9.17) is 0 Å². The predicted molar refractivity (Wildman–Crippen MR) is 65.7 cm³/mol. The van der Waals surface area contributed by atoms with Gasteiger partial charge in [0, 0.05) is 12.1 Å². The van der Waals surface area contributed by atoms with Crippen LogP contribution in [0, 0.1) is 10.1 Å². The monoisotopic (exact) mass is 261 g/mol. The van der Waals surface area contributed by atoms with E-state index in [0.717, 1.165) is 11.3 Å². The fourth-order valence-electron chi connectivity index (χ4n) is 2.47. The molecule has 1 saturated heterocycles. The smallest absolute Gasteiger partial charge is 0.323 e. The van der Waals surface area contributed by atoms with Crippen molar-refractivity contribution >= 4 is 23.3 Å². The van der Waals surface area contributed by atoms with Crippen molar-refractivity contribution in [2.45, 2.75) is 24.8 Å². The fourth-order valence-corrected chi connectivity index (χ4v) is 2.47. The summed E-state index contributed by atoms with van der Waals surface area (Å²) in [6.07, 6.45) is 2.15. The molecule has 0 bridgehead atoms. The van der Waals surface area contributed by atoms with Gasteiger partial charge in [0.15, 0.2) is 0 Å². The number of amides is 3. The number of non-ortho nitro benzene ring substituents is 1. The zero-order chi connectivity index (χ0) is 13.6. The Morgan fingerprint density at radius 1 is 1.32 bits per heavy atom. The molecule has 1 aromatic carbocycles. The Kier molecular flexibility index (Phi) is 2.31. The standard InChI is InChI=1S/C12H11N3O4/c16-10-12(5-2-6-12)13-11(17)14(10)8-3-1-4-9(7-8)15(18)19/h1,3-4,7H,2,5-6H2,(H,13,17). The molecule has 19 heavy (non-hydrogen) atoms. The molecular formula is C12H11N3O4. The van der Waals surface area contributed by atoms with Crippen LogP contribution >= 0.6 is 0 Å². The van der Waals surface area contributed by atoms with E-state index in [1.807, 2.05) is 0 Å². The lowest BCUT2D eigenvalue weighted by Gasteiger charge is -2.34. The lowest BCUT2D eigenvalue weighted by atomic mass is 9.77. The molecule has 7 heteroatoms. The number of imide groups is 1. The van der Waals surface area contributed by atoms with Crippen molar-refractivity contribution in [3.05, 3.63) is 34.4 Å². The minimum absolute atomic E-state index is 0.146. The van der Waals surface area contributed by atoms with Crippen molar-refractivity contribution in [1.29, 1.82) is 0 Å². The van der Waals surface area contributed by atoms with Crippen molar-refractivity contribution in [2.24, 2.45) is 0 Å². The molecule has 0 unspecified atom stereocenters. The molecule has 2 fully saturated rings. The first-order chi connectivity index (χ1) is 9.03. The highest BCUT2D eigenvalue weighted by molar-refractivity contribution is 6.23. The number of nitrogens with zero attached hydrogens (tertiary/aromatic N) is 2. The Bertz CT molecular complexity index is 594. The number of urea groups is 1. The molecule has 0 atom stereocenters. The summed E-state index contributed by atoms with van der Waals surface area (Å²) in [5.41, 5.74) is -0.685. The zero-order valence-electron chi connectivity index (χ0n) is 9.96. The van der Waals surface area contributed by atoms with Gasteiger partial charge in [0.1, 0.15) is 5.54 Å². The second kappa shape index (κ2) is 3.78. The van der Waals surface area contributed by atoms with E-state index in [1.165, 1.54) is 24.3 Å². The number of carbonyl (C=O) groups excluding carboxylic acids is 2. The zero-order valence-corrected chi connectivity index (χ0v) is 9.96. The van der Waals surface area contributed by atoms with E-state index in [-0.39, 0.29) is 17.3 Å². The Balaban J connectivity index is 1.98. The first-order valence-electron chi connectivity index (χ1n) is 5.95. The van der Waals surface area contributed by atoms with E-state index >= 15 is 0 Å². The maximum atomic E-state index is 12.3. The van der Waals surface area contributed by atoms with Crippen molar-refractivity contribution in [3.8, 4) is 0 Å². The minimum atomic E-state index is -0.776. The summed E-state index contributed by atoms with van der Waals surface area (Å²) in [5, 5.41) is 13.4. The van der Waals surface area contributed by atoms with Crippen molar-refractivity contribution < 1.29 is 14.5 Å². The summed E-state index contributed by atoms with van der Waals surface area (Å²) in [5.74, 6) is -0.316. The van der Waals surface area contributed by atoms with E-state index < -0.39 is 16.5 Å². The van der Waals surface area contributed by atoms with Crippen LogP contribution in [0.5, 0.6) is 0 Å². The Morgan fingerprint density at radius 2 is 2.05 bits per heavy atom. The van der Waals surface area contributed by atoms with Gasteiger partial charge in [-0.15, -0.1) is 0 Å². The highest BCUT2D eigenvalue weighted by atomic mass is 16.6. The van der Waals surface area contributed by atoms with Gasteiger partial charge in [-0.3, -0.25) is 14.9 Å². The second-order valence-corrected chi connectivity index (χ2v) is 4.78. The van der Waals surface area contributed by atoms with E-state index in [1.54, 1.807) is 0 Å². The summed E-state index contributed by atoms with van der Waals surface area (Å²) in [6, 6.07) is 5.02. The summed E-state index contributed by atoms with van der Waals surface area (Å²) in [6.45, 7) is 0. The molecule has 1 saturated carbocycles. The second-order valence-electron chi connectivity index (χ2n) is 4.78. The normalized spacial score (nSPS) is 20.3. The molecule has 7 nitrogen and oxygen atoms in total. The number of carbonyl (C=O) groups is 2. The molecule has 1 heterocycles. The number of rotatable bonds is 2. The summed E-state index contributed by atoms with van der Waals surface area (Å²) < 4.78 is 0. The van der Waals surface area contributed by atoms with Crippen LogP contribution in [0.3, 0.4) is 0 Å².